The molecule has 2 aliphatic heterocycles. The van der Waals surface area contributed by atoms with Crippen LogP contribution in [0.4, 0.5) is 0 Å². The van der Waals surface area contributed by atoms with E-state index in [0.717, 1.165) is 32.5 Å². The van der Waals surface area contributed by atoms with Crippen molar-refractivity contribution in [1.82, 2.24) is 9.80 Å². The fourth-order valence-electron chi connectivity index (χ4n) is 3.81. The van der Waals surface area contributed by atoms with Gasteiger partial charge < -0.3 is 14.7 Å². The summed E-state index contributed by atoms with van der Waals surface area (Å²) in [7, 11) is 1.87. The molecule has 2 aliphatic rings. The average Bonchev–Trinajstić information content (AvgIpc) is 3.02. The number of aliphatic hydroxyl groups excluding tert-OH is 1. The van der Waals surface area contributed by atoms with Crippen molar-refractivity contribution in [2.45, 2.75) is 43.9 Å². The molecule has 132 valence electrons. The molecule has 0 saturated carbocycles. The highest BCUT2D eigenvalue weighted by Gasteiger charge is 2.41. The molecule has 0 unspecified atom stereocenters. The molecule has 0 radical (unpaired) electrons. The van der Waals surface area contributed by atoms with Crippen LogP contribution in [0, 0.1) is 0 Å². The number of carbonyl (C=O) groups excluding carboxylic acids is 1. The highest BCUT2D eigenvalue weighted by molar-refractivity contribution is 5.82. The van der Waals surface area contributed by atoms with Gasteiger partial charge in [-0.3, -0.25) is 9.69 Å². The molecule has 1 N–H and O–H groups in total. The number of ether oxygens (including phenoxy) is 1. The molecule has 0 bridgehead atoms. The van der Waals surface area contributed by atoms with E-state index in [1.165, 1.54) is 5.56 Å². The van der Waals surface area contributed by atoms with E-state index in [2.05, 4.69) is 17.0 Å². The van der Waals surface area contributed by atoms with Gasteiger partial charge in [0.05, 0.1) is 12.1 Å². The van der Waals surface area contributed by atoms with E-state index in [9.17, 15) is 9.90 Å². The molecule has 24 heavy (non-hydrogen) atoms. The lowest BCUT2D eigenvalue weighted by molar-refractivity contribution is -0.136. The highest BCUT2D eigenvalue weighted by atomic mass is 16.5. The summed E-state index contributed by atoms with van der Waals surface area (Å²) in [6.07, 6.45) is 2.90. The van der Waals surface area contributed by atoms with Crippen LogP contribution < -0.4 is 0 Å². The molecular formula is C19H28N2O3. The molecule has 1 aromatic carbocycles. The second-order valence-corrected chi connectivity index (χ2v) is 6.94. The van der Waals surface area contributed by atoms with E-state index in [0.29, 0.717) is 25.6 Å². The number of likely N-dealkylation sites (N-methyl/N-ethyl adjacent to an activating group) is 1. The summed E-state index contributed by atoms with van der Waals surface area (Å²) < 4.78 is 5.43. The molecule has 5 heteroatoms. The van der Waals surface area contributed by atoms with Gasteiger partial charge in [0.2, 0.25) is 5.91 Å². The van der Waals surface area contributed by atoms with Crippen LogP contribution in [0.15, 0.2) is 30.3 Å². The van der Waals surface area contributed by atoms with Gasteiger partial charge >= 0.3 is 0 Å². The van der Waals surface area contributed by atoms with Crippen LogP contribution in [0.1, 0.15) is 24.8 Å². The predicted octanol–water partition coefficient (Wildman–Crippen LogP) is 1.30. The van der Waals surface area contributed by atoms with E-state index in [1.54, 1.807) is 0 Å². The summed E-state index contributed by atoms with van der Waals surface area (Å²) in [6, 6.07) is 10.4. The molecule has 2 heterocycles. The Morgan fingerprint density at radius 2 is 2.00 bits per heavy atom. The van der Waals surface area contributed by atoms with Crippen molar-refractivity contribution in [3.8, 4) is 0 Å². The summed E-state index contributed by atoms with van der Waals surface area (Å²) in [4.78, 5) is 16.9. The van der Waals surface area contributed by atoms with E-state index in [-0.39, 0.29) is 11.9 Å². The van der Waals surface area contributed by atoms with Gasteiger partial charge in [-0.2, -0.15) is 0 Å². The highest BCUT2D eigenvalue weighted by Crippen LogP contribution is 2.26. The predicted molar refractivity (Wildman–Crippen MR) is 92.7 cm³/mol. The molecular weight excluding hydrogens is 304 g/mol. The monoisotopic (exact) mass is 332 g/mol. The Kier molecular flexibility index (Phi) is 5.87. The number of likely N-dealkylation sites (tertiary alicyclic amines) is 1. The van der Waals surface area contributed by atoms with Gasteiger partial charge in [0.25, 0.3) is 0 Å². The molecule has 2 saturated heterocycles. The molecule has 2 fully saturated rings. The molecule has 5 nitrogen and oxygen atoms in total. The van der Waals surface area contributed by atoms with Crippen LogP contribution in [0.3, 0.4) is 0 Å². The first-order valence-corrected chi connectivity index (χ1v) is 8.95. The number of hydrogen-bond acceptors (Lipinski definition) is 4. The Morgan fingerprint density at radius 1 is 1.29 bits per heavy atom. The van der Waals surface area contributed by atoms with Gasteiger partial charge in [0, 0.05) is 39.4 Å². The van der Waals surface area contributed by atoms with Crippen molar-refractivity contribution in [1.29, 1.82) is 0 Å². The summed E-state index contributed by atoms with van der Waals surface area (Å²) in [5.74, 6) is 0.133. The van der Waals surface area contributed by atoms with Crippen molar-refractivity contribution < 1.29 is 14.6 Å². The Bertz CT molecular complexity index is 531. The second kappa shape index (κ2) is 8.10. The van der Waals surface area contributed by atoms with Gasteiger partial charge in [0.1, 0.15) is 0 Å². The van der Waals surface area contributed by atoms with E-state index < -0.39 is 6.10 Å². The SMILES string of the molecule is CN(CCc1ccccc1)C(=O)[C@@H]1C[C@@H](O)CN1C1CCOCC1. The minimum Gasteiger partial charge on any atom is -0.392 e. The van der Waals surface area contributed by atoms with Crippen LogP contribution in [0.5, 0.6) is 0 Å². The molecule has 0 aromatic heterocycles. The molecule has 3 rings (SSSR count). The van der Waals surface area contributed by atoms with Crippen LogP contribution in [-0.2, 0) is 16.0 Å². The van der Waals surface area contributed by atoms with Gasteiger partial charge in [-0.25, -0.2) is 0 Å². The van der Waals surface area contributed by atoms with Crippen LogP contribution in [0.2, 0.25) is 0 Å². The van der Waals surface area contributed by atoms with Crippen molar-refractivity contribution >= 4 is 5.91 Å². The first kappa shape index (κ1) is 17.4. The van der Waals surface area contributed by atoms with Gasteiger partial charge in [-0.1, -0.05) is 30.3 Å². The summed E-state index contributed by atoms with van der Waals surface area (Å²) in [5, 5.41) is 10.1. The summed E-state index contributed by atoms with van der Waals surface area (Å²) >= 11 is 0. The van der Waals surface area contributed by atoms with Crippen molar-refractivity contribution in [2.24, 2.45) is 0 Å². The quantitative estimate of drug-likeness (QED) is 0.883. The van der Waals surface area contributed by atoms with Crippen molar-refractivity contribution in [3.63, 3.8) is 0 Å². The minimum absolute atomic E-state index is 0.133. The summed E-state index contributed by atoms with van der Waals surface area (Å²) in [5.41, 5.74) is 1.24. The van der Waals surface area contributed by atoms with Crippen molar-refractivity contribution in [3.05, 3.63) is 35.9 Å². The van der Waals surface area contributed by atoms with Crippen LogP contribution in [-0.4, -0.2) is 72.4 Å². The maximum Gasteiger partial charge on any atom is 0.239 e. The lowest BCUT2D eigenvalue weighted by atomic mass is 10.0. The molecule has 0 spiro atoms. The Morgan fingerprint density at radius 3 is 2.71 bits per heavy atom. The zero-order valence-corrected chi connectivity index (χ0v) is 14.4. The number of rotatable bonds is 5. The molecule has 1 aromatic rings. The number of nitrogens with zero attached hydrogens (tertiary/aromatic N) is 2. The lowest BCUT2D eigenvalue weighted by Gasteiger charge is -2.36. The molecule has 1 amide bonds. The smallest absolute Gasteiger partial charge is 0.239 e. The Hall–Kier alpha value is -1.43. The third-order valence-electron chi connectivity index (χ3n) is 5.22. The maximum atomic E-state index is 12.9. The second-order valence-electron chi connectivity index (χ2n) is 6.94. The van der Waals surface area contributed by atoms with E-state index in [4.69, 9.17) is 4.74 Å². The molecule has 0 aliphatic carbocycles. The number of hydrogen-bond donors (Lipinski definition) is 1. The maximum absolute atomic E-state index is 12.9. The lowest BCUT2D eigenvalue weighted by Crippen LogP contribution is -2.50. The standard InChI is InChI=1S/C19H28N2O3/c1-20(10-7-15-5-3-2-4-6-15)19(23)18-13-17(22)14-21(18)16-8-11-24-12-9-16/h2-6,16-18,22H,7-14H2,1H3/t17-,18+/m1/s1. The third kappa shape index (κ3) is 4.15. The fourth-order valence-corrected chi connectivity index (χ4v) is 3.81. The topological polar surface area (TPSA) is 53.0 Å². The number of amides is 1. The normalized spacial score (nSPS) is 25.8. The number of carbonyl (C=O) groups is 1. The number of aliphatic hydroxyl groups is 1. The number of β-amino-alcohol motifs (C(OH)–C–C–N with tert-alkyl or cyclic N) is 1. The fraction of sp³-hybridized carbons (Fsp3) is 0.632. The van der Waals surface area contributed by atoms with E-state index in [1.807, 2.05) is 30.1 Å². The van der Waals surface area contributed by atoms with Crippen molar-refractivity contribution in [2.75, 3.05) is 33.4 Å². The zero-order valence-electron chi connectivity index (χ0n) is 14.4. The summed E-state index contributed by atoms with van der Waals surface area (Å²) in [6.45, 7) is 2.81. The first-order chi connectivity index (χ1) is 11.6. The van der Waals surface area contributed by atoms with Gasteiger partial charge in [-0.15, -0.1) is 0 Å². The minimum atomic E-state index is -0.399. The van der Waals surface area contributed by atoms with Crippen LogP contribution >= 0.6 is 0 Å². The number of benzene rings is 1. The zero-order chi connectivity index (χ0) is 16.9. The largest absolute Gasteiger partial charge is 0.392 e. The molecule has 2 atom stereocenters. The van der Waals surface area contributed by atoms with Gasteiger partial charge in [-0.05, 0) is 31.2 Å². The van der Waals surface area contributed by atoms with Crippen LogP contribution in [0.25, 0.3) is 0 Å². The Labute approximate surface area is 144 Å². The Balaban J connectivity index is 1.59. The first-order valence-electron chi connectivity index (χ1n) is 8.95. The third-order valence-corrected chi connectivity index (χ3v) is 5.22. The van der Waals surface area contributed by atoms with Gasteiger partial charge in [0.15, 0.2) is 0 Å². The van der Waals surface area contributed by atoms with E-state index >= 15 is 0 Å². The average molecular weight is 332 g/mol.